The summed E-state index contributed by atoms with van der Waals surface area (Å²) < 4.78 is 11.5. The Kier molecular flexibility index (Phi) is 6.90. The van der Waals surface area contributed by atoms with Crippen LogP contribution in [0, 0.1) is 11.3 Å². The van der Waals surface area contributed by atoms with E-state index < -0.39 is 0 Å². The molecular weight excluding hydrogens is 420 g/mol. The molecule has 30 heavy (non-hydrogen) atoms. The largest absolute Gasteiger partial charge is 0.484 e. The van der Waals surface area contributed by atoms with Crippen LogP contribution in [0.15, 0.2) is 46.2 Å². The van der Waals surface area contributed by atoms with Gasteiger partial charge in [-0.2, -0.15) is 10.2 Å². The van der Waals surface area contributed by atoms with E-state index in [2.05, 4.69) is 38.8 Å². The van der Waals surface area contributed by atoms with Crippen LogP contribution in [0.25, 0.3) is 0 Å². The summed E-state index contributed by atoms with van der Waals surface area (Å²) in [6.07, 6.45) is 3.73. The van der Waals surface area contributed by atoms with Crippen LogP contribution in [0.1, 0.15) is 41.8 Å². The molecule has 156 valence electrons. The number of oxazole rings is 1. The molecule has 1 aliphatic heterocycles. The second kappa shape index (κ2) is 9.98. The Morgan fingerprint density at radius 1 is 1.23 bits per heavy atom. The number of piperidine rings is 1. The van der Waals surface area contributed by atoms with Gasteiger partial charge in [-0.1, -0.05) is 24.1 Å². The summed E-state index contributed by atoms with van der Waals surface area (Å²) in [5, 5.41) is 15.5. The summed E-state index contributed by atoms with van der Waals surface area (Å²) in [5.41, 5.74) is 0.244. The first-order valence-corrected chi connectivity index (χ1v) is 11.3. The van der Waals surface area contributed by atoms with Crippen molar-refractivity contribution in [1.82, 2.24) is 9.88 Å². The van der Waals surface area contributed by atoms with E-state index in [-0.39, 0.29) is 18.3 Å². The molecule has 0 amide bonds. The van der Waals surface area contributed by atoms with Gasteiger partial charge in [-0.15, -0.1) is 11.3 Å². The smallest absolute Gasteiger partial charge is 0.236 e. The van der Waals surface area contributed by atoms with Crippen LogP contribution >= 0.6 is 22.9 Å². The maximum atomic E-state index is 9.47. The fourth-order valence-corrected chi connectivity index (χ4v) is 4.59. The van der Waals surface area contributed by atoms with Gasteiger partial charge >= 0.3 is 0 Å². The zero-order chi connectivity index (χ0) is 20.8. The number of nitrogens with one attached hydrogen (secondary N) is 1. The monoisotopic (exact) mass is 442 g/mol. The molecule has 8 heteroatoms. The number of rotatable bonds is 8. The van der Waals surface area contributed by atoms with Gasteiger partial charge in [0, 0.05) is 16.4 Å². The molecule has 3 aromatic rings. The van der Waals surface area contributed by atoms with Crippen molar-refractivity contribution in [3.63, 3.8) is 0 Å². The number of nitrogens with zero attached hydrogens (tertiary/aromatic N) is 3. The fourth-order valence-electron chi connectivity index (χ4n) is 3.61. The highest BCUT2D eigenvalue weighted by Crippen LogP contribution is 2.29. The van der Waals surface area contributed by atoms with Crippen molar-refractivity contribution in [2.24, 2.45) is 0 Å². The van der Waals surface area contributed by atoms with Gasteiger partial charge in [0.15, 0.2) is 6.61 Å². The lowest BCUT2D eigenvalue weighted by Gasteiger charge is -2.34. The van der Waals surface area contributed by atoms with E-state index in [1.807, 2.05) is 0 Å². The lowest BCUT2D eigenvalue weighted by Crippen LogP contribution is -2.36. The first kappa shape index (κ1) is 20.7. The van der Waals surface area contributed by atoms with E-state index in [0.717, 1.165) is 13.1 Å². The minimum Gasteiger partial charge on any atom is -0.484 e. The average molecular weight is 443 g/mol. The number of hydrogen-bond donors (Lipinski definition) is 1. The number of halogens is 1. The molecule has 1 aromatic carbocycles. The zero-order valence-corrected chi connectivity index (χ0v) is 18.1. The number of likely N-dealkylation sites (tertiary alicyclic amines) is 1. The van der Waals surface area contributed by atoms with Gasteiger partial charge < -0.3 is 14.5 Å². The molecule has 1 aliphatic rings. The first-order valence-electron chi connectivity index (χ1n) is 10.0. The number of hydrogen-bond acceptors (Lipinski definition) is 7. The van der Waals surface area contributed by atoms with Crippen LogP contribution in [0.5, 0.6) is 5.75 Å². The third-order valence-electron chi connectivity index (χ3n) is 5.11. The Morgan fingerprint density at radius 2 is 2.03 bits per heavy atom. The van der Waals surface area contributed by atoms with Crippen molar-refractivity contribution in [3.05, 3.63) is 63.3 Å². The SMILES string of the molecule is N#Cc1nc(COc2ccc(Cl)cc2)oc1NCC(c1cccs1)N1CCCCC1. The normalized spacial score (nSPS) is 15.5. The van der Waals surface area contributed by atoms with E-state index in [0.29, 0.717) is 29.1 Å². The lowest BCUT2D eigenvalue weighted by molar-refractivity contribution is 0.172. The van der Waals surface area contributed by atoms with Gasteiger partial charge in [-0.05, 0) is 61.6 Å². The van der Waals surface area contributed by atoms with Gasteiger partial charge in [0.05, 0.1) is 6.04 Å². The molecule has 1 unspecified atom stereocenters. The van der Waals surface area contributed by atoms with Crippen LogP contribution in [0.2, 0.25) is 5.02 Å². The van der Waals surface area contributed by atoms with Gasteiger partial charge in [0.25, 0.3) is 0 Å². The second-order valence-corrected chi connectivity index (χ2v) is 8.56. The molecule has 4 rings (SSSR count). The molecule has 0 spiro atoms. The Hall–Kier alpha value is -2.53. The predicted molar refractivity (Wildman–Crippen MR) is 118 cm³/mol. The molecular formula is C22H23ClN4O2S. The lowest BCUT2D eigenvalue weighted by atomic mass is 10.1. The molecule has 2 aromatic heterocycles. The molecule has 1 fully saturated rings. The molecule has 1 atom stereocenters. The van der Waals surface area contributed by atoms with Crippen molar-refractivity contribution in [2.45, 2.75) is 31.9 Å². The summed E-state index contributed by atoms with van der Waals surface area (Å²) in [6.45, 7) is 2.97. The van der Waals surface area contributed by atoms with Crippen LogP contribution in [0.3, 0.4) is 0 Å². The summed E-state index contributed by atoms with van der Waals surface area (Å²) in [7, 11) is 0. The highest BCUT2D eigenvalue weighted by molar-refractivity contribution is 7.10. The number of thiophene rings is 1. The van der Waals surface area contributed by atoms with Crippen LogP contribution in [-0.4, -0.2) is 29.5 Å². The number of aromatic nitrogens is 1. The standard InChI is InChI=1S/C22H23ClN4O2S/c23-16-6-8-17(9-7-16)28-15-21-26-18(13-24)22(29-21)25-14-19(20-5-4-12-30-20)27-10-2-1-3-11-27/h4-9,12,19,25H,1-3,10-11,14-15H2. The summed E-state index contributed by atoms with van der Waals surface area (Å²) in [6, 6.07) is 13.7. The summed E-state index contributed by atoms with van der Waals surface area (Å²) >= 11 is 7.65. The van der Waals surface area contributed by atoms with Crippen LogP contribution in [0.4, 0.5) is 5.88 Å². The van der Waals surface area contributed by atoms with Crippen LogP contribution in [-0.2, 0) is 6.61 Å². The number of anilines is 1. The molecule has 0 saturated carbocycles. The Labute approximate surface area is 185 Å². The van der Waals surface area contributed by atoms with E-state index >= 15 is 0 Å². The van der Waals surface area contributed by atoms with Gasteiger partial charge in [0.2, 0.25) is 17.5 Å². The van der Waals surface area contributed by atoms with Crippen molar-refractivity contribution >= 4 is 28.8 Å². The molecule has 1 N–H and O–H groups in total. The maximum Gasteiger partial charge on any atom is 0.236 e. The van der Waals surface area contributed by atoms with Crippen molar-refractivity contribution < 1.29 is 9.15 Å². The zero-order valence-electron chi connectivity index (χ0n) is 16.5. The molecule has 0 radical (unpaired) electrons. The number of ether oxygens (including phenoxy) is 1. The molecule has 6 nitrogen and oxygen atoms in total. The Bertz CT molecular complexity index is 976. The van der Waals surface area contributed by atoms with Crippen molar-refractivity contribution in [2.75, 3.05) is 25.0 Å². The summed E-state index contributed by atoms with van der Waals surface area (Å²) in [5.74, 6) is 1.41. The Morgan fingerprint density at radius 3 is 2.73 bits per heavy atom. The highest BCUT2D eigenvalue weighted by atomic mass is 35.5. The molecule has 3 heterocycles. The topological polar surface area (TPSA) is 74.3 Å². The first-order chi connectivity index (χ1) is 14.7. The van der Waals surface area contributed by atoms with Gasteiger partial charge in [-0.3, -0.25) is 4.90 Å². The van der Waals surface area contributed by atoms with Gasteiger partial charge in [-0.25, -0.2) is 0 Å². The fraction of sp³-hybridized carbons (Fsp3) is 0.364. The van der Waals surface area contributed by atoms with E-state index in [9.17, 15) is 5.26 Å². The minimum absolute atomic E-state index is 0.137. The van der Waals surface area contributed by atoms with Crippen LogP contribution < -0.4 is 10.1 Å². The molecule has 0 aliphatic carbocycles. The quantitative estimate of drug-likeness (QED) is 0.498. The van der Waals surface area contributed by atoms with Gasteiger partial charge in [0.1, 0.15) is 11.8 Å². The third-order valence-corrected chi connectivity index (χ3v) is 6.34. The van der Waals surface area contributed by atoms with Crippen molar-refractivity contribution in [3.8, 4) is 11.8 Å². The van der Waals surface area contributed by atoms with E-state index in [1.165, 1.54) is 24.1 Å². The minimum atomic E-state index is 0.137. The molecule has 0 bridgehead atoms. The summed E-state index contributed by atoms with van der Waals surface area (Å²) in [4.78, 5) is 8.09. The maximum absolute atomic E-state index is 9.47. The Balaban J connectivity index is 1.42. The second-order valence-electron chi connectivity index (χ2n) is 7.15. The predicted octanol–water partition coefficient (Wildman–Crippen LogP) is 5.48. The van der Waals surface area contributed by atoms with E-state index in [4.69, 9.17) is 20.8 Å². The third kappa shape index (κ3) is 5.14. The average Bonchev–Trinajstić information content (AvgIpc) is 3.44. The van der Waals surface area contributed by atoms with Crippen molar-refractivity contribution in [1.29, 1.82) is 5.26 Å². The molecule has 1 saturated heterocycles. The van der Waals surface area contributed by atoms with E-state index in [1.54, 1.807) is 35.6 Å². The number of benzene rings is 1. The number of nitriles is 1. The highest BCUT2D eigenvalue weighted by Gasteiger charge is 2.24.